The summed E-state index contributed by atoms with van der Waals surface area (Å²) in [5.74, 6) is 0.417. The molecule has 0 aliphatic heterocycles. The molecule has 1 unspecified atom stereocenters. The number of nitrogens with one attached hydrogen (secondary N) is 1. The van der Waals surface area contributed by atoms with Crippen LogP contribution in [0.1, 0.15) is 37.8 Å². The number of carbonyl (C=O) groups excluding carboxylic acids is 1. The Morgan fingerprint density at radius 2 is 1.76 bits per heavy atom. The van der Waals surface area contributed by atoms with Crippen molar-refractivity contribution in [3.8, 4) is 0 Å². The van der Waals surface area contributed by atoms with Gasteiger partial charge < -0.3 is 11.1 Å². The summed E-state index contributed by atoms with van der Waals surface area (Å²) >= 11 is 0. The summed E-state index contributed by atoms with van der Waals surface area (Å²) in [5, 5.41) is 2.78. The Balaban J connectivity index is 0.00000256. The molecule has 1 aromatic carbocycles. The van der Waals surface area contributed by atoms with E-state index in [0.717, 1.165) is 5.56 Å². The van der Waals surface area contributed by atoms with Crippen LogP contribution in [0.4, 0.5) is 0 Å². The van der Waals surface area contributed by atoms with Crippen molar-refractivity contribution in [2.75, 3.05) is 0 Å². The van der Waals surface area contributed by atoms with Gasteiger partial charge in [-0.25, -0.2) is 0 Å². The second-order valence-electron chi connectivity index (χ2n) is 4.40. The maximum Gasteiger partial charge on any atom is 0.236 e. The first-order valence-corrected chi connectivity index (χ1v) is 5.63. The summed E-state index contributed by atoms with van der Waals surface area (Å²) < 4.78 is 0. The molecule has 0 heterocycles. The number of carbonyl (C=O) groups is 1. The topological polar surface area (TPSA) is 55.1 Å². The van der Waals surface area contributed by atoms with Crippen LogP contribution in [-0.4, -0.2) is 11.9 Å². The third-order valence-corrected chi connectivity index (χ3v) is 2.53. The summed E-state index contributed by atoms with van der Waals surface area (Å²) in [7, 11) is 0. The largest absolute Gasteiger partial charge is 0.351 e. The van der Waals surface area contributed by atoms with Crippen molar-refractivity contribution in [3.63, 3.8) is 0 Å². The summed E-state index contributed by atoms with van der Waals surface area (Å²) in [4.78, 5) is 11.3. The molecule has 0 saturated heterocycles. The highest BCUT2D eigenvalue weighted by Crippen LogP contribution is 2.14. The highest BCUT2D eigenvalue weighted by Gasteiger charge is 2.06. The molecule has 1 amide bonds. The SMILES string of the molecule is CC(N)C(=O)NCc1ccc(C(C)C)cc1.Cl. The number of hydrogen-bond acceptors (Lipinski definition) is 2. The number of nitrogens with two attached hydrogens (primary N) is 1. The minimum atomic E-state index is -0.449. The lowest BCUT2D eigenvalue weighted by Gasteiger charge is -2.09. The molecule has 4 heteroatoms. The Labute approximate surface area is 109 Å². The summed E-state index contributed by atoms with van der Waals surface area (Å²) in [6, 6.07) is 7.82. The van der Waals surface area contributed by atoms with Gasteiger partial charge in [-0.3, -0.25) is 4.79 Å². The van der Waals surface area contributed by atoms with Crippen molar-refractivity contribution in [2.24, 2.45) is 5.73 Å². The molecule has 0 fully saturated rings. The van der Waals surface area contributed by atoms with E-state index in [2.05, 4.69) is 31.3 Å². The zero-order valence-corrected chi connectivity index (χ0v) is 11.4. The average molecular weight is 257 g/mol. The van der Waals surface area contributed by atoms with Gasteiger partial charge in [0.1, 0.15) is 0 Å². The van der Waals surface area contributed by atoms with Crippen LogP contribution in [-0.2, 0) is 11.3 Å². The Morgan fingerprint density at radius 1 is 1.24 bits per heavy atom. The van der Waals surface area contributed by atoms with Gasteiger partial charge in [0.05, 0.1) is 6.04 Å². The number of halogens is 1. The van der Waals surface area contributed by atoms with Crippen molar-refractivity contribution in [3.05, 3.63) is 35.4 Å². The minimum absolute atomic E-state index is 0. The van der Waals surface area contributed by atoms with Gasteiger partial charge in [-0.15, -0.1) is 12.4 Å². The second-order valence-corrected chi connectivity index (χ2v) is 4.40. The minimum Gasteiger partial charge on any atom is -0.351 e. The summed E-state index contributed by atoms with van der Waals surface area (Å²) in [5.41, 5.74) is 7.86. The molecule has 3 N–H and O–H groups in total. The van der Waals surface area contributed by atoms with E-state index < -0.39 is 6.04 Å². The van der Waals surface area contributed by atoms with Crippen molar-refractivity contribution >= 4 is 18.3 Å². The molecule has 0 spiro atoms. The summed E-state index contributed by atoms with van der Waals surface area (Å²) in [6.07, 6.45) is 0. The Hall–Kier alpha value is -1.06. The molecule has 0 bridgehead atoms. The van der Waals surface area contributed by atoms with E-state index in [-0.39, 0.29) is 18.3 Å². The molecule has 0 radical (unpaired) electrons. The molecule has 17 heavy (non-hydrogen) atoms. The van der Waals surface area contributed by atoms with Gasteiger partial charge in [-0.2, -0.15) is 0 Å². The lowest BCUT2D eigenvalue weighted by atomic mass is 10.0. The highest BCUT2D eigenvalue weighted by atomic mass is 35.5. The second kappa shape index (κ2) is 7.30. The van der Waals surface area contributed by atoms with E-state index in [1.165, 1.54) is 5.56 Å². The fourth-order valence-electron chi connectivity index (χ4n) is 1.37. The van der Waals surface area contributed by atoms with E-state index in [4.69, 9.17) is 5.73 Å². The Kier molecular flexibility index (Phi) is 6.85. The van der Waals surface area contributed by atoms with Gasteiger partial charge in [-0.05, 0) is 24.0 Å². The van der Waals surface area contributed by atoms with Crippen molar-refractivity contribution in [2.45, 2.75) is 39.3 Å². The predicted molar refractivity (Wildman–Crippen MR) is 73.3 cm³/mol. The van der Waals surface area contributed by atoms with Gasteiger partial charge >= 0.3 is 0 Å². The molecule has 3 nitrogen and oxygen atoms in total. The molecular weight excluding hydrogens is 236 g/mol. The zero-order chi connectivity index (χ0) is 12.1. The van der Waals surface area contributed by atoms with E-state index >= 15 is 0 Å². The smallest absolute Gasteiger partial charge is 0.236 e. The first kappa shape index (κ1) is 15.9. The third kappa shape index (κ3) is 5.20. The van der Waals surface area contributed by atoms with Crippen LogP contribution < -0.4 is 11.1 Å². The molecule has 96 valence electrons. The molecule has 1 aromatic rings. The van der Waals surface area contributed by atoms with Gasteiger partial charge in [0.25, 0.3) is 0 Å². The van der Waals surface area contributed by atoms with E-state index in [1.54, 1.807) is 6.92 Å². The molecular formula is C13H21ClN2O. The fourth-order valence-corrected chi connectivity index (χ4v) is 1.37. The van der Waals surface area contributed by atoms with Crippen LogP contribution >= 0.6 is 12.4 Å². The fraction of sp³-hybridized carbons (Fsp3) is 0.462. The van der Waals surface area contributed by atoms with Gasteiger partial charge in [0, 0.05) is 6.54 Å². The monoisotopic (exact) mass is 256 g/mol. The Bertz CT molecular complexity index is 347. The standard InChI is InChI=1S/C13H20N2O.ClH/c1-9(2)12-6-4-11(5-7-12)8-15-13(16)10(3)14;/h4-7,9-10H,8,14H2,1-3H3,(H,15,16);1H. The lowest BCUT2D eigenvalue weighted by Crippen LogP contribution is -2.37. The van der Waals surface area contributed by atoms with Crippen LogP contribution in [0.5, 0.6) is 0 Å². The molecule has 0 aliphatic rings. The highest BCUT2D eigenvalue weighted by molar-refractivity contribution is 5.85. The number of amides is 1. The van der Waals surface area contributed by atoms with Crippen molar-refractivity contribution in [1.29, 1.82) is 0 Å². The van der Waals surface area contributed by atoms with E-state index in [1.807, 2.05) is 12.1 Å². The van der Waals surface area contributed by atoms with Crippen LogP contribution in [0.15, 0.2) is 24.3 Å². The normalized spacial score (nSPS) is 11.8. The van der Waals surface area contributed by atoms with Gasteiger partial charge in [0.2, 0.25) is 5.91 Å². The number of hydrogen-bond donors (Lipinski definition) is 2. The Morgan fingerprint density at radius 3 is 2.18 bits per heavy atom. The first-order valence-electron chi connectivity index (χ1n) is 5.63. The van der Waals surface area contributed by atoms with Crippen LogP contribution in [0.3, 0.4) is 0 Å². The molecule has 0 aromatic heterocycles. The zero-order valence-electron chi connectivity index (χ0n) is 10.6. The van der Waals surface area contributed by atoms with E-state index in [9.17, 15) is 4.79 Å². The quantitative estimate of drug-likeness (QED) is 0.868. The third-order valence-electron chi connectivity index (χ3n) is 2.53. The molecule has 0 aliphatic carbocycles. The first-order chi connectivity index (χ1) is 7.50. The molecule has 1 atom stereocenters. The average Bonchev–Trinajstić information content (AvgIpc) is 2.26. The van der Waals surface area contributed by atoms with Crippen LogP contribution in [0.2, 0.25) is 0 Å². The lowest BCUT2D eigenvalue weighted by molar-refractivity contribution is -0.122. The molecule has 1 rings (SSSR count). The maximum atomic E-state index is 11.3. The van der Waals surface area contributed by atoms with Crippen LogP contribution in [0, 0.1) is 0 Å². The summed E-state index contributed by atoms with van der Waals surface area (Å²) in [6.45, 7) is 6.54. The maximum absolute atomic E-state index is 11.3. The van der Waals surface area contributed by atoms with Crippen LogP contribution in [0.25, 0.3) is 0 Å². The van der Waals surface area contributed by atoms with Crippen molar-refractivity contribution in [1.82, 2.24) is 5.32 Å². The number of benzene rings is 1. The van der Waals surface area contributed by atoms with E-state index in [0.29, 0.717) is 12.5 Å². The molecule has 0 saturated carbocycles. The van der Waals surface area contributed by atoms with Gasteiger partial charge in [-0.1, -0.05) is 38.1 Å². The predicted octanol–water partition coefficient (Wildman–Crippen LogP) is 2.20. The number of rotatable bonds is 4. The van der Waals surface area contributed by atoms with Gasteiger partial charge in [0.15, 0.2) is 0 Å². The van der Waals surface area contributed by atoms with Crippen molar-refractivity contribution < 1.29 is 4.79 Å².